The molecule has 0 radical (unpaired) electrons. The van der Waals surface area contributed by atoms with Crippen LogP contribution in [0.15, 0.2) is 138 Å². The lowest BCUT2D eigenvalue weighted by atomic mass is 10.0. The van der Waals surface area contributed by atoms with Crippen LogP contribution in [0, 0.1) is 0 Å². The molecular weight excluding hydrogens is 617 g/mol. The summed E-state index contributed by atoms with van der Waals surface area (Å²) in [7, 11) is 0. The van der Waals surface area contributed by atoms with Crippen molar-refractivity contribution in [3.8, 4) is 44.7 Å². The van der Waals surface area contributed by atoms with Gasteiger partial charge in [-0.25, -0.2) is 19.9 Å². The van der Waals surface area contributed by atoms with Crippen LogP contribution in [0.5, 0.6) is 0 Å². The molecule has 47 heavy (non-hydrogen) atoms. The van der Waals surface area contributed by atoms with E-state index in [1.165, 1.54) is 9.40 Å². The summed E-state index contributed by atoms with van der Waals surface area (Å²) >= 11 is 3.51. The molecule has 4 aromatic heterocycles. The first kappa shape index (κ1) is 26.5. The predicted octanol–water partition coefficient (Wildman–Crippen LogP) is 11.4. The molecule has 0 aliphatic heterocycles. The smallest absolute Gasteiger partial charge is 0.164 e. The number of thiophene rings is 1. The zero-order valence-corrected chi connectivity index (χ0v) is 26.3. The van der Waals surface area contributed by atoms with Gasteiger partial charge in [0.2, 0.25) is 0 Å². The van der Waals surface area contributed by atoms with Crippen LogP contribution in [-0.2, 0) is 0 Å². The number of benzene rings is 6. The minimum absolute atomic E-state index is 0.653. The van der Waals surface area contributed by atoms with Crippen molar-refractivity contribution in [3.05, 3.63) is 133 Å². The maximum atomic E-state index is 6.07. The average Bonchev–Trinajstić information content (AvgIpc) is 3.83. The Balaban J connectivity index is 1.15. The van der Waals surface area contributed by atoms with Gasteiger partial charge in [-0.2, -0.15) is 0 Å². The topological polar surface area (TPSA) is 64.7 Å². The van der Waals surface area contributed by atoms with E-state index in [0.717, 1.165) is 70.2 Å². The van der Waals surface area contributed by atoms with Crippen molar-refractivity contribution in [1.82, 2.24) is 19.9 Å². The zero-order valence-electron chi connectivity index (χ0n) is 24.7. The van der Waals surface area contributed by atoms with E-state index in [0.29, 0.717) is 17.5 Å². The molecule has 0 fully saturated rings. The minimum atomic E-state index is 0.653. The Kier molecular flexibility index (Phi) is 5.85. The highest BCUT2D eigenvalue weighted by Crippen LogP contribution is 2.43. The second-order valence-corrected chi connectivity index (χ2v) is 13.6. The summed E-state index contributed by atoms with van der Waals surface area (Å²) in [6.45, 7) is 0. The number of furan rings is 1. The highest BCUT2D eigenvalue weighted by atomic mass is 32.1. The lowest BCUT2D eigenvalue weighted by Crippen LogP contribution is -2.00. The normalized spacial score (nSPS) is 11.8. The fraction of sp³-hybridized carbons (Fsp3) is 0. The van der Waals surface area contributed by atoms with Gasteiger partial charge in [-0.3, -0.25) is 0 Å². The first-order valence-electron chi connectivity index (χ1n) is 15.3. The third-order valence-electron chi connectivity index (χ3n) is 8.57. The van der Waals surface area contributed by atoms with Crippen LogP contribution < -0.4 is 0 Å². The Morgan fingerprint density at radius 3 is 1.91 bits per heavy atom. The largest absolute Gasteiger partial charge is 0.456 e. The van der Waals surface area contributed by atoms with Gasteiger partial charge in [-0.1, -0.05) is 91.0 Å². The number of hydrogen-bond acceptors (Lipinski definition) is 7. The summed E-state index contributed by atoms with van der Waals surface area (Å²) in [4.78, 5) is 20.1. The SMILES string of the molecule is c1ccc(-c2nc(-c3ccccc3)nc(-c3cccc4sc5cc6sc(-c7ccc8oc9ccccc9c8c7)nc6cc5c34)n2)cc1. The third-order valence-corrected chi connectivity index (χ3v) is 10.8. The molecule has 0 spiro atoms. The Morgan fingerprint density at radius 1 is 0.426 bits per heavy atom. The van der Waals surface area contributed by atoms with Crippen LogP contribution in [0.4, 0.5) is 0 Å². The Bertz CT molecular complexity index is 2740. The monoisotopic (exact) mass is 638 g/mol. The Hall–Kier alpha value is -5.76. The van der Waals surface area contributed by atoms with E-state index in [4.69, 9.17) is 24.4 Å². The van der Waals surface area contributed by atoms with Gasteiger partial charge < -0.3 is 4.42 Å². The average molecular weight is 639 g/mol. The summed E-state index contributed by atoms with van der Waals surface area (Å²) < 4.78 is 9.64. The van der Waals surface area contributed by atoms with Gasteiger partial charge in [-0.05, 0) is 42.5 Å². The van der Waals surface area contributed by atoms with Crippen LogP contribution >= 0.6 is 22.7 Å². The van der Waals surface area contributed by atoms with E-state index in [-0.39, 0.29) is 0 Å². The third kappa shape index (κ3) is 4.35. The number of hydrogen-bond donors (Lipinski definition) is 0. The maximum absolute atomic E-state index is 6.07. The van der Waals surface area contributed by atoms with Crippen LogP contribution in [0.25, 0.3) is 97.1 Å². The van der Waals surface area contributed by atoms with E-state index in [1.54, 1.807) is 22.7 Å². The molecule has 0 bridgehead atoms. The van der Waals surface area contributed by atoms with Crippen LogP contribution in [-0.4, -0.2) is 19.9 Å². The maximum Gasteiger partial charge on any atom is 0.164 e. The van der Waals surface area contributed by atoms with Crippen molar-refractivity contribution >= 4 is 75.0 Å². The first-order chi connectivity index (χ1) is 23.2. The molecule has 10 aromatic rings. The summed E-state index contributed by atoms with van der Waals surface area (Å²) in [5, 5.41) is 5.51. The van der Waals surface area contributed by atoms with E-state index < -0.39 is 0 Å². The molecule has 0 unspecified atom stereocenters. The van der Waals surface area contributed by atoms with Crippen LogP contribution in [0.3, 0.4) is 0 Å². The van der Waals surface area contributed by atoms with Crippen molar-refractivity contribution in [2.45, 2.75) is 0 Å². The molecule has 0 N–H and O–H groups in total. The fourth-order valence-corrected chi connectivity index (χ4v) is 8.56. The molecule has 6 aromatic carbocycles. The second kappa shape index (κ2) is 10.4. The highest BCUT2D eigenvalue weighted by Gasteiger charge is 2.19. The number of thiazole rings is 1. The quantitative estimate of drug-likeness (QED) is 0.192. The number of aromatic nitrogens is 4. The van der Waals surface area contributed by atoms with Crippen molar-refractivity contribution in [1.29, 1.82) is 0 Å². The number of nitrogens with zero attached hydrogens (tertiary/aromatic N) is 4. The number of para-hydroxylation sites is 1. The fourth-order valence-electron chi connectivity index (χ4n) is 6.35. The summed E-state index contributed by atoms with van der Waals surface area (Å²) in [6, 6.07) is 45.7. The van der Waals surface area contributed by atoms with E-state index in [1.807, 2.05) is 72.8 Å². The molecule has 7 heteroatoms. The van der Waals surface area contributed by atoms with Crippen molar-refractivity contribution in [2.75, 3.05) is 0 Å². The van der Waals surface area contributed by atoms with Crippen molar-refractivity contribution < 1.29 is 4.42 Å². The molecule has 10 rings (SSSR count). The van der Waals surface area contributed by atoms with Crippen LogP contribution in [0.2, 0.25) is 0 Å². The molecule has 0 saturated heterocycles. The van der Waals surface area contributed by atoms with Crippen molar-refractivity contribution in [2.24, 2.45) is 0 Å². The van der Waals surface area contributed by atoms with Crippen LogP contribution in [0.1, 0.15) is 0 Å². The lowest BCUT2D eigenvalue weighted by molar-refractivity contribution is 0.669. The van der Waals surface area contributed by atoms with E-state index in [2.05, 4.69) is 60.7 Å². The molecule has 0 aliphatic carbocycles. The standard InChI is InChI=1S/C40H22N4OS2/c1-3-10-23(11-4-1)37-42-38(24-12-5-2-6-13-24)44-39(43-37)27-15-9-17-33-36(27)29-21-30-35(22-34(29)46-33)47-40(41-30)25-18-19-32-28(20-25)26-14-7-8-16-31(26)45-32/h1-22H. The molecule has 4 heterocycles. The molecule has 0 aliphatic rings. The lowest BCUT2D eigenvalue weighted by Gasteiger charge is -2.09. The van der Waals surface area contributed by atoms with Gasteiger partial charge in [0.05, 0.1) is 10.2 Å². The molecule has 0 saturated carbocycles. The zero-order chi connectivity index (χ0) is 30.9. The van der Waals surface area contributed by atoms with Gasteiger partial charge in [-0.15, -0.1) is 22.7 Å². The molecular formula is C40H22N4OS2. The summed E-state index contributed by atoms with van der Waals surface area (Å²) in [6.07, 6.45) is 0. The van der Waals surface area contributed by atoms with Gasteiger partial charge in [0.25, 0.3) is 0 Å². The summed E-state index contributed by atoms with van der Waals surface area (Å²) in [5.41, 5.74) is 6.75. The molecule has 220 valence electrons. The number of fused-ring (bicyclic) bond motifs is 7. The van der Waals surface area contributed by atoms with Crippen molar-refractivity contribution in [3.63, 3.8) is 0 Å². The number of rotatable bonds is 4. The Morgan fingerprint density at radius 2 is 1.13 bits per heavy atom. The predicted molar refractivity (Wildman–Crippen MR) is 195 cm³/mol. The van der Waals surface area contributed by atoms with Gasteiger partial charge in [0.15, 0.2) is 17.5 Å². The summed E-state index contributed by atoms with van der Waals surface area (Å²) in [5.74, 6) is 1.96. The second-order valence-electron chi connectivity index (χ2n) is 11.5. The highest BCUT2D eigenvalue weighted by molar-refractivity contribution is 7.26. The van der Waals surface area contributed by atoms with E-state index >= 15 is 0 Å². The van der Waals surface area contributed by atoms with E-state index in [9.17, 15) is 0 Å². The first-order valence-corrected chi connectivity index (χ1v) is 16.9. The van der Waals surface area contributed by atoms with Gasteiger partial charge in [0.1, 0.15) is 16.2 Å². The minimum Gasteiger partial charge on any atom is -0.456 e. The van der Waals surface area contributed by atoms with Gasteiger partial charge >= 0.3 is 0 Å². The Labute approximate surface area is 276 Å². The van der Waals surface area contributed by atoms with Gasteiger partial charge in [0, 0.05) is 53.2 Å². The molecule has 5 nitrogen and oxygen atoms in total. The molecule has 0 atom stereocenters. The molecule has 0 amide bonds.